The van der Waals surface area contributed by atoms with Crippen LogP contribution < -0.4 is 4.74 Å². The highest BCUT2D eigenvalue weighted by Gasteiger charge is 2.17. The molecule has 1 atom stereocenters. The standard InChI is InChI=1S/C20H24ClN3O2S/c1-5-13(2)25-10-11-26-18-8-9-22-19(14(18)3)20-23-16-12-15(21)6-7-17(16)24(20)27-4/h6-9,12-13H,5,10-11H2,1-4H3. The number of halogens is 1. The maximum atomic E-state index is 6.13. The molecule has 0 amide bonds. The van der Waals surface area contributed by atoms with Gasteiger partial charge in [-0.2, -0.15) is 0 Å². The van der Waals surface area contributed by atoms with Crippen LogP contribution in [0.25, 0.3) is 22.6 Å². The van der Waals surface area contributed by atoms with Crippen LogP contribution in [0.3, 0.4) is 0 Å². The first-order valence-corrected chi connectivity index (χ1v) is 10.5. The van der Waals surface area contributed by atoms with Crippen molar-refractivity contribution in [1.82, 2.24) is 13.9 Å². The van der Waals surface area contributed by atoms with Crippen molar-refractivity contribution in [3.05, 3.63) is 41.0 Å². The Balaban J connectivity index is 1.88. The van der Waals surface area contributed by atoms with E-state index in [1.165, 1.54) is 0 Å². The van der Waals surface area contributed by atoms with Crippen LogP contribution in [0.1, 0.15) is 25.8 Å². The van der Waals surface area contributed by atoms with Gasteiger partial charge in [-0.05, 0) is 56.5 Å². The molecule has 7 heteroatoms. The van der Waals surface area contributed by atoms with Crippen LogP contribution in [0.15, 0.2) is 30.5 Å². The van der Waals surface area contributed by atoms with E-state index in [0.717, 1.165) is 40.3 Å². The smallest absolute Gasteiger partial charge is 0.170 e. The molecule has 0 spiro atoms. The number of fused-ring (bicyclic) bond motifs is 1. The highest BCUT2D eigenvalue weighted by Crippen LogP contribution is 2.33. The molecule has 0 saturated carbocycles. The van der Waals surface area contributed by atoms with Crippen LogP contribution in [0, 0.1) is 6.92 Å². The minimum Gasteiger partial charge on any atom is -0.491 e. The third-order valence-corrected chi connectivity index (χ3v) is 5.41. The zero-order valence-electron chi connectivity index (χ0n) is 16.0. The number of aromatic nitrogens is 3. The van der Waals surface area contributed by atoms with Gasteiger partial charge in [-0.1, -0.05) is 18.5 Å². The molecule has 144 valence electrons. The van der Waals surface area contributed by atoms with E-state index in [-0.39, 0.29) is 6.10 Å². The fraction of sp³-hybridized carbons (Fsp3) is 0.400. The van der Waals surface area contributed by atoms with Gasteiger partial charge in [-0.3, -0.25) is 8.96 Å². The quantitative estimate of drug-likeness (QED) is 0.471. The Kier molecular flexibility index (Phi) is 6.63. The zero-order valence-corrected chi connectivity index (χ0v) is 17.6. The van der Waals surface area contributed by atoms with Crippen molar-refractivity contribution in [2.75, 3.05) is 19.5 Å². The van der Waals surface area contributed by atoms with Crippen molar-refractivity contribution in [3.8, 4) is 17.3 Å². The molecule has 2 aromatic heterocycles. The van der Waals surface area contributed by atoms with Gasteiger partial charge in [0.2, 0.25) is 0 Å². The van der Waals surface area contributed by atoms with E-state index in [1.54, 1.807) is 18.1 Å². The van der Waals surface area contributed by atoms with E-state index >= 15 is 0 Å². The maximum Gasteiger partial charge on any atom is 0.170 e. The Bertz CT molecular complexity index is 929. The van der Waals surface area contributed by atoms with Crippen LogP contribution in [0.2, 0.25) is 5.02 Å². The van der Waals surface area contributed by atoms with Crippen molar-refractivity contribution in [1.29, 1.82) is 0 Å². The summed E-state index contributed by atoms with van der Waals surface area (Å²) in [5, 5.41) is 0.669. The summed E-state index contributed by atoms with van der Waals surface area (Å²) >= 11 is 7.71. The van der Waals surface area contributed by atoms with E-state index in [0.29, 0.717) is 18.2 Å². The molecule has 0 bridgehead atoms. The summed E-state index contributed by atoms with van der Waals surface area (Å²) < 4.78 is 13.7. The molecule has 1 aromatic carbocycles. The van der Waals surface area contributed by atoms with E-state index in [4.69, 9.17) is 26.1 Å². The summed E-state index contributed by atoms with van der Waals surface area (Å²) in [5.41, 5.74) is 3.62. The maximum absolute atomic E-state index is 6.13. The van der Waals surface area contributed by atoms with Crippen LogP contribution in [0.5, 0.6) is 5.75 Å². The predicted molar refractivity (Wildman–Crippen MR) is 113 cm³/mol. The minimum absolute atomic E-state index is 0.246. The van der Waals surface area contributed by atoms with Crippen molar-refractivity contribution >= 4 is 34.6 Å². The molecule has 5 nitrogen and oxygen atoms in total. The zero-order chi connectivity index (χ0) is 19.4. The van der Waals surface area contributed by atoms with Gasteiger partial charge < -0.3 is 9.47 Å². The average Bonchev–Trinajstić information content (AvgIpc) is 3.03. The number of benzene rings is 1. The van der Waals surface area contributed by atoms with Gasteiger partial charge in [0, 0.05) is 23.0 Å². The first-order valence-electron chi connectivity index (χ1n) is 8.98. The van der Waals surface area contributed by atoms with Crippen LogP contribution in [-0.4, -0.2) is 39.5 Å². The molecule has 0 fully saturated rings. The monoisotopic (exact) mass is 405 g/mol. The molecule has 3 rings (SSSR count). The van der Waals surface area contributed by atoms with Crippen molar-refractivity contribution in [2.24, 2.45) is 0 Å². The second-order valence-electron chi connectivity index (χ2n) is 6.27. The van der Waals surface area contributed by atoms with Gasteiger partial charge in [-0.25, -0.2) is 4.98 Å². The molecule has 0 aliphatic heterocycles. The van der Waals surface area contributed by atoms with E-state index in [1.807, 2.05) is 37.4 Å². The summed E-state index contributed by atoms with van der Waals surface area (Å²) in [4.78, 5) is 9.33. The fourth-order valence-electron chi connectivity index (χ4n) is 2.78. The van der Waals surface area contributed by atoms with E-state index in [2.05, 4.69) is 22.8 Å². The molecule has 2 heterocycles. The van der Waals surface area contributed by atoms with Gasteiger partial charge in [0.1, 0.15) is 18.1 Å². The van der Waals surface area contributed by atoms with Gasteiger partial charge in [-0.15, -0.1) is 0 Å². The summed E-state index contributed by atoms with van der Waals surface area (Å²) in [7, 11) is 0. The van der Waals surface area contributed by atoms with Crippen LogP contribution in [-0.2, 0) is 4.74 Å². The molecule has 0 radical (unpaired) electrons. The van der Waals surface area contributed by atoms with Crippen molar-refractivity contribution in [2.45, 2.75) is 33.3 Å². The molecule has 0 saturated heterocycles. The lowest BCUT2D eigenvalue weighted by Gasteiger charge is -2.14. The minimum atomic E-state index is 0.246. The predicted octanol–water partition coefficient (Wildman–Crippen LogP) is 5.38. The summed E-state index contributed by atoms with van der Waals surface area (Å²) in [6.45, 7) is 7.24. The van der Waals surface area contributed by atoms with Gasteiger partial charge >= 0.3 is 0 Å². The Morgan fingerprint density at radius 3 is 2.81 bits per heavy atom. The normalized spacial score (nSPS) is 12.5. The summed E-state index contributed by atoms with van der Waals surface area (Å²) in [6, 6.07) is 7.60. The largest absolute Gasteiger partial charge is 0.491 e. The third kappa shape index (κ3) is 4.39. The molecule has 0 aliphatic rings. The first kappa shape index (κ1) is 20.0. The van der Waals surface area contributed by atoms with Gasteiger partial charge in [0.15, 0.2) is 5.82 Å². The van der Waals surface area contributed by atoms with Gasteiger partial charge in [0.25, 0.3) is 0 Å². The molecular formula is C20H24ClN3O2S. The molecule has 3 aromatic rings. The second kappa shape index (κ2) is 8.95. The number of pyridine rings is 1. The highest BCUT2D eigenvalue weighted by atomic mass is 35.5. The Morgan fingerprint density at radius 1 is 1.26 bits per heavy atom. The molecular weight excluding hydrogens is 382 g/mol. The topological polar surface area (TPSA) is 49.2 Å². The second-order valence-corrected chi connectivity index (χ2v) is 7.43. The van der Waals surface area contributed by atoms with E-state index in [9.17, 15) is 0 Å². The highest BCUT2D eigenvalue weighted by molar-refractivity contribution is 7.97. The number of nitrogens with zero attached hydrogens (tertiary/aromatic N) is 3. The number of imidazole rings is 1. The Labute approximate surface area is 169 Å². The van der Waals surface area contributed by atoms with Crippen molar-refractivity contribution < 1.29 is 9.47 Å². The molecule has 0 aliphatic carbocycles. The fourth-order valence-corrected chi connectivity index (χ4v) is 3.60. The number of hydrogen-bond acceptors (Lipinski definition) is 5. The van der Waals surface area contributed by atoms with Crippen LogP contribution >= 0.6 is 23.5 Å². The lowest BCUT2D eigenvalue weighted by Crippen LogP contribution is -2.13. The first-order chi connectivity index (χ1) is 13.0. The number of rotatable bonds is 8. The van der Waals surface area contributed by atoms with Gasteiger partial charge in [0.05, 0.1) is 23.7 Å². The Morgan fingerprint density at radius 2 is 2.07 bits per heavy atom. The van der Waals surface area contributed by atoms with Crippen LogP contribution in [0.4, 0.5) is 0 Å². The molecule has 0 N–H and O–H groups in total. The lowest BCUT2D eigenvalue weighted by atomic mass is 10.2. The van der Waals surface area contributed by atoms with Crippen molar-refractivity contribution in [3.63, 3.8) is 0 Å². The molecule has 1 unspecified atom stereocenters. The molecule has 27 heavy (non-hydrogen) atoms. The summed E-state index contributed by atoms with van der Waals surface area (Å²) in [5.74, 6) is 1.59. The Hall–Kier alpha value is -1.76. The third-order valence-electron chi connectivity index (χ3n) is 4.44. The number of hydrogen-bond donors (Lipinski definition) is 0. The average molecular weight is 406 g/mol. The van der Waals surface area contributed by atoms with E-state index < -0.39 is 0 Å². The number of ether oxygens (including phenoxy) is 2. The SMILES string of the molecule is CCC(C)OCCOc1ccnc(-c2nc3cc(Cl)ccc3n2SC)c1C. The lowest BCUT2D eigenvalue weighted by molar-refractivity contribution is 0.0425. The summed E-state index contributed by atoms with van der Waals surface area (Å²) in [6.07, 6.45) is 5.01.